The van der Waals surface area contributed by atoms with Crippen LogP contribution in [0.4, 0.5) is 25.8 Å². The number of nitro benzene ring substituents is 1. The van der Waals surface area contributed by atoms with Gasteiger partial charge in [0, 0.05) is 31.4 Å². The summed E-state index contributed by atoms with van der Waals surface area (Å²) in [4.78, 5) is 14.5. The Balaban J connectivity index is 1.36. The molecule has 3 aromatic rings. The van der Waals surface area contributed by atoms with Crippen molar-refractivity contribution in [2.75, 3.05) is 29.4 Å². The van der Waals surface area contributed by atoms with Crippen molar-refractivity contribution < 1.29 is 13.7 Å². The smallest absolute Gasteiger partial charge is 0.288 e. The van der Waals surface area contributed by atoms with Crippen LogP contribution in [0.25, 0.3) is 0 Å². The number of hydrogen-bond acceptors (Lipinski definition) is 4. The predicted molar refractivity (Wildman–Crippen MR) is 134 cm³/mol. The van der Waals surface area contributed by atoms with Crippen LogP contribution in [0.1, 0.15) is 48.8 Å². The SMILES string of the molecule is O=[N+]([O-])c1cc([C@H]2CCCN2c2cc(F)c(N3CCC(c4ccccc4)CC3)c(F)c2)ccc1Cl. The molecule has 0 aliphatic carbocycles. The Morgan fingerprint density at radius 3 is 2.23 bits per heavy atom. The Labute approximate surface area is 208 Å². The van der Waals surface area contributed by atoms with Crippen LogP contribution in [-0.4, -0.2) is 24.6 Å². The lowest BCUT2D eigenvalue weighted by atomic mass is 9.89. The fraction of sp³-hybridized carbons (Fsp3) is 0.333. The molecule has 3 aromatic carbocycles. The van der Waals surface area contributed by atoms with Crippen LogP contribution in [0.2, 0.25) is 5.02 Å². The van der Waals surface area contributed by atoms with Crippen LogP contribution in [-0.2, 0) is 0 Å². The summed E-state index contributed by atoms with van der Waals surface area (Å²) < 4.78 is 30.6. The Bertz CT molecular complexity index is 1210. The van der Waals surface area contributed by atoms with Crippen molar-refractivity contribution in [3.63, 3.8) is 0 Å². The van der Waals surface area contributed by atoms with E-state index in [0.717, 1.165) is 25.7 Å². The van der Waals surface area contributed by atoms with Gasteiger partial charge in [-0.25, -0.2) is 8.78 Å². The van der Waals surface area contributed by atoms with E-state index in [-0.39, 0.29) is 22.4 Å². The number of benzene rings is 3. The molecule has 0 unspecified atom stereocenters. The minimum absolute atomic E-state index is 0.0261. The van der Waals surface area contributed by atoms with Crippen molar-refractivity contribution in [1.29, 1.82) is 0 Å². The number of anilines is 2. The number of rotatable bonds is 5. The van der Waals surface area contributed by atoms with E-state index in [0.29, 0.717) is 36.8 Å². The molecule has 2 fully saturated rings. The Morgan fingerprint density at radius 1 is 0.886 bits per heavy atom. The third kappa shape index (κ3) is 4.69. The summed E-state index contributed by atoms with van der Waals surface area (Å²) in [5.41, 5.74) is 2.29. The van der Waals surface area contributed by atoms with Gasteiger partial charge in [-0.05, 0) is 60.9 Å². The second kappa shape index (κ2) is 9.82. The van der Waals surface area contributed by atoms with Crippen LogP contribution in [0.15, 0.2) is 60.7 Å². The second-order valence-corrected chi connectivity index (χ2v) is 9.66. The van der Waals surface area contributed by atoms with Gasteiger partial charge in [-0.2, -0.15) is 0 Å². The monoisotopic (exact) mass is 497 g/mol. The molecule has 1 atom stereocenters. The number of halogens is 3. The highest BCUT2D eigenvalue weighted by Gasteiger charge is 2.31. The highest BCUT2D eigenvalue weighted by atomic mass is 35.5. The molecule has 8 heteroatoms. The molecule has 5 rings (SSSR count). The predicted octanol–water partition coefficient (Wildman–Crippen LogP) is 7.25. The Kier molecular flexibility index (Phi) is 6.60. The molecule has 2 aliphatic heterocycles. The van der Waals surface area contributed by atoms with E-state index in [2.05, 4.69) is 12.1 Å². The molecule has 5 nitrogen and oxygen atoms in total. The molecule has 0 radical (unpaired) electrons. The zero-order valence-corrected chi connectivity index (χ0v) is 19.9. The molecule has 0 bridgehead atoms. The molecule has 0 saturated carbocycles. The van der Waals surface area contributed by atoms with Crippen LogP contribution in [0.5, 0.6) is 0 Å². The fourth-order valence-electron chi connectivity index (χ4n) is 5.48. The summed E-state index contributed by atoms with van der Waals surface area (Å²) in [6.45, 7) is 1.79. The lowest BCUT2D eigenvalue weighted by Gasteiger charge is -2.35. The Hall–Kier alpha value is -3.19. The van der Waals surface area contributed by atoms with Gasteiger partial charge >= 0.3 is 0 Å². The minimum Gasteiger partial charge on any atom is -0.367 e. The summed E-state index contributed by atoms with van der Waals surface area (Å²) in [6, 6.07) is 17.5. The zero-order chi connectivity index (χ0) is 24.5. The molecule has 35 heavy (non-hydrogen) atoms. The maximum Gasteiger partial charge on any atom is 0.288 e. The van der Waals surface area contributed by atoms with Crippen molar-refractivity contribution in [3.05, 3.63) is 98.6 Å². The number of hydrogen-bond donors (Lipinski definition) is 0. The lowest BCUT2D eigenvalue weighted by Crippen LogP contribution is -2.34. The van der Waals surface area contributed by atoms with E-state index in [9.17, 15) is 10.1 Å². The van der Waals surface area contributed by atoms with Gasteiger partial charge in [-0.3, -0.25) is 10.1 Å². The number of nitro groups is 1. The molecule has 0 aromatic heterocycles. The molecule has 0 amide bonds. The first-order chi connectivity index (χ1) is 16.9. The average Bonchev–Trinajstić information content (AvgIpc) is 3.35. The largest absolute Gasteiger partial charge is 0.367 e. The van der Waals surface area contributed by atoms with E-state index in [4.69, 9.17) is 11.6 Å². The van der Waals surface area contributed by atoms with Crippen LogP contribution >= 0.6 is 11.6 Å². The van der Waals surface area contributed by atoms with E-state index >= 15 is 8.78 Å². The standard InChI is InChI=1S/C27H26ClF2N3O2/c28-22-9-8-20(15-26(22)33(34)35)25-7-4-12-32(25)21-16-23(29)27(24(30)17-21)31-13-10-19(11-14-31)18-5-2-1-3-6-18/h1-3,5-6,8-9,15-17,19,25H,4,7,10-14H2/t25-/m1/s1. The first-order valence-corrected chi connectivity index (χ1v) is 12.3. The van der Waals surface area contributed by atoms with E-state index in [1.165, 1.54) is 29.8 Å². The van der Waals surface area contributed by atoms with Gasteiger partial charge < -0.3 is 9.80 Å². The van der Waals surface area contributed by atoms with E-state index in [1.807, 2.05) is 23.1 Å². The van der Waals surface area contributed by atoms with Crippen molar-refractivity contribution in [2.45, 2.75) is 37.6 Å². The van der Waals surface area contributed by atoms with Gasteiger partial charge in [-0.1, -0.05) is 48.0 Å². The third-order valence-corrected chi connectivity index (χ3v) is 7.54. The maximum atomic E-state index is 15.3. The van der Waals surface area contributed by atoms with Crippen LogP contribution in [0, 0.1) is 21.7 Å². The summed E-state index contributed by atoms with van der Waals surface area (Å²) in [7, 11) is 0. The molecular formula is C27H26ClF2N3O2. The third-order valence-electron chi connectivity index (χ3n) is 7.22. The topological polar surface area (TPSA) is 49.6 Å². The molecule has 182 valence electrons. The molecule has 0 spiro atoms. The zero-order valence-electron chi connectivity index (χ0n) is 19.2. The summed E-state index contributed by atoms with van der Waals surface area (Å²) in [6.07, 6.45) is 3.23. The highest BCUT2D eigenvalue weighted by Crippen LogP contribution is 2.41. The van der Waals surface area contributed by atoms with Crippen LogP contribution in [0.3, 0.4) is 0 Å². The van der Waals surface area contributed by atoms with Crippen molar-refractivity contribution in [2.24, 2.45) is 0 Å². The quantitative estimate of drug-likeness (QED) is 0.275. The molecule has 2 aliphatic rings. The van der Waals surface area contributed by atoms with Gasteiger partial charge in [-0.15, -0.1) is 0 Å². The normalized spacial score (nSPS) is 18.8. The maximum absolute atomic E-state index is 15.3. The van der Waals surface area contributed by atoms with Crippen molar-refractivity contribution >= 4 is 28.7 Å². The highest BCUT2D eigenvalue weighted by molar-refractivity contribution is 6.32. The number of piperidine rings is 1. The van der Waals surface area contributed by atoms with Gasteiger partial charge in [0.1, 0.15) is 10.7 Å². The van der Waals surface area contributed by atoms with Gasteiger partial charge in [0.05, 0.1) is 11.0 Å². The second-order valence-electron chi connectivity index (χ2n) is 9.25. The molecule has 0 N–H and O–H groups in total. The fourth-order valence-corrected chi connectivity index (χ4v) is 5.67. The first kappa shape index (κ1) is 23.5. The van der Waals surface area contributed by atoms with E-state index < -0.39 is 16.6 Å². The first-order valence-electron chi connectivity index (χ1n) is 11.9. The molecular weight excluding hydrogens is 472 g/mol. The van der Waals surface area contributed by atoms with Gasteiger partial charge in [0.15, 0.2) is 11.6 Å². The summed E-state index contributed by atoms with van der Waals surface area (Å²) in [5, 5.41) is 11.4. The van der Waals surface area contributed by atoms with Crippen molar-refractivity contribution in [3.8, 4) is 0 Å². The molecule has 2 saturated heterocycles. The van der Waals surface area contributed by atoms with Crippen molar-refractivity contribution in [1.82, 2.24) is 0 Å². The summed E-state index contributed by atoms with van der Waals surface area (Å²) in [5.74, 6) is -0.761. The van der Waals surface area contributed by atoms with E-state index in [1.54, 1.807) is 11.0 Å². The minimum atomic E-state index is -0.578. The van der Waals surface area contributed by atoms with Gasteiger partial charge in [0.25, 0.3) is 5.69 Å². The number of nitrogens with zero attached hydrogens (tertiary/aromatic N) is 3. The Morgan fingerprint density at radius 2 is 1.57 bits per heavy atom. The summed E-state index contributed by atoms with van der Waals surface area (Å²) >= 11 is 5.97. The average molecular weight is 498 g/mol. The lowest BCUT2D eigenvalue weighted by molar-refractivity contribution is -0.384. The van der Waals surface area contributed by atoms with Gasteiger partial charge in [0.2, 0.25) is 0 Å². The molecule has 2 heterocycles. The van der Waals surface area contributed by atoms with Crippen LogP contribution < -0.4 is 9.80 Å².